The van der Waals surface area contributed by atoms with Crippen LogP contribution in [0.2, 0.25) is 0 Å². The number of carbonyl (C=O) groups excluding carboxylic acids is 2. The molecule has 2 rings (SSSR count). The molecule has 1 N–H and O–H groups in total. The zero-order valence-electron chi connectivity index (χ0n) is 15.8. The number of hydrogen-bond donors (Lipinski definition) is 1. The highest BCUT2D eigenvalue weighted by molar-refractivity contribution is 5.94. The summed E-state index contributed by atoms with van der Waals surface area (Å²) in [5.74, 6) is -0.681. The van der Waals surface area contributed by atoms with Crippen LogP contribution in [0.15, 0.2) is 42.5 Å². The summed E-state index contributed by atoms with van der Waals surface area (Å²) in [6.07, 6.45) is -4.00. The SMILES string of the molecule is COC(=O)c1cccc(NC(=O)CCc2ccc(OCC(F)(F)F)c(OC)c2)c1. The number of aryl methyl sites for hydroxylation is 1. The van der Waals surface area contributed by atoms with Crippen molar-refractivity contribution in [2.75, 3.05) is 26.1 Å². The van der Waals surface area contributed by atoms with Gasteiger partial charge >= 0.3 is 12.1 Å². The molecule has 0 heterocycles. The van der Waals surface area contributed by atoms with Crippen molar-refractivity contribution >= 4 is 17.6 Å². The van der Waals surface area contributed by atoms with E-state index in [1.54, 1.807) is 24.3 Å². The lowest BCUT2D eigenvalue weighted by Crippen LogP contribution is -2.19. The number of rotatable bonds is 8. The second kappa shape index (κ2) is 9.81. The van der Waals surface area contributed by atoms with Crippen LogP contribution in [0.3, 0.4) is 0 Å². The van der Waals surface area contributed by atoms with Crippen molar-refractivity contribution in [3.8, 4) is 11.5 Å². The van der Waals surface area contributed by atoms with Gasteiger partial charge in [0.15, 0.2) is 18.1 Å². The fourth-order valence-corrected chi connectivity index (χ4v) is 2.47. The van der Waals surface area contributed by atoms with Gasteiger partial charge in [0.1, 0.15) is 0 Å². The van der Waals surface area contributed by atoms with Gasteiger partial charge in [-0.2, -0.15) is 13.2 Å². The molecule has 9 heteroatoms. The Morgan fingerprint density at radius 3 is 2.45 bits per heavy atom. The molecule has 0 bridgehead atoms. The van der Waals surface area contributed by atoms with Gasteiger partial charge in [0.2, 0.25) is 5.91 Å². The number of anilines is 1. The molecular weight excluding hydrogens is 391 g/mol. The van der Waals surface area contributed by atoms with E-state index in [0.717, 1.165) is 0 Å². The summed E-state index contributed by atoms with van der Waals surface area (Å²) in [4.78, 5) is 23.7. The first-order valence-corrected chi connectivity index (χ1v) is 8.56. The molecule has 0 aliphatic rings. The molecule has 0 fully saturated rings. The molecule has 1 amide bonds. The number of benzene rings is 2. The smallest absolute Gasteiger partial charge is 0.422 e. The Morgan fingerprint density at radius 2 is 1.79 bits per heavy atom. The third-order valence-corrected chi connectivity index (χ3v) is 3.83. The Hall–Kier alpha value is -3.23. The lowest BCUT2D eigenvalue weighted by atomic mass is 10.1. The molecule has 0 atom stereocenters. The van der Waals surface area contributed by atoms with Crippen molar-refractivity contribution in [1.29, 1.82) is 0 Å². The average molecular weight is 411 g/mol. The molecule has 2 aromatic rings. The van der Waals surface area contributed by atoms with Crippen molar-refractivity contribution < 1.29 is 37.0 Å². The number of halogens is 3. The van der Waals surface area contributed by atoms with Gasteiger partial charge in [0.05, 0.1) is 19.8 Å². The summed E-state index contributed by atoms with van der Waals surface area (Å²) in [6, 6.07) is 10.8. The van der Waals surface area contributed by atoms with E-state index in [1.165, 1.54) is 32.4 Å². The van der Waals surface area contributed by atoms with Crippen LogP contribution in [-0.2, 0) is 16.0 Å². The molecule has 0 unspecified atom stereocenters. The van der Waals surface area contributed by atoms with Crippen molar-refractivity contribution in [3.63, 3.8) is 0 Å². The minimum absolute atomic E-state index is 0.0300. The Kier molecular flexibility index (Phi) is 7.46. The standard InChI is InChI=1S/C20H20F3NO5/c1-27-17-10-13(6-8-16(17)29-12-20(21,22)23)7-9-18(25)24-15-5-3-4-14(11-15)19(26)28-2/h3-6,8,10-11H,7,9,12H2,1-2H3,(H,24,25). The molecule has 0 saturated carbocycles. The van der Waals surface area contributed by atoms with E-state index >= 15 is 0 Å². The fourth-order valence-electron chi connectivity index (χ4n) is 2.47. The van der Waals surface area contributed by atoms with Gasteiger partial charge < -0.3 is 19.5 Å². The van der Waals surface area contributed by atoms with E-state index in [9.17, 15) is 22.8 Å². The van der Waals surface area contributed by atoms with Crippen LogP contribution in [0.25, 0.3) is 0 Å². The number of nitrogens with one attached hydrogen (secondary N) is 1. The summed E-state index contributed by atoms with van der Waals surface area (Å²) in [5, 5.41) is 2.68. The van der Waals surface area contributed by atoms with Crippen molar-refractivity contribution in [2.45, 2.75) is 19.0 Å². The van der Waals surface area contributed by atoms with E-state index in [-0.39, 0.29) is 23.8 Å². The average Bonchev–Trinajstić information content (AvgIpc) is 2.69. The first kappa shape index (κ1) is 22.1. The Morgan fingerprint density at radius 1 is 1.03 bits per heavy atom. The number of esters is 1. The Balaban J connectivity index is 1.95. The second-order valence-corrected chi connectivity index (χ2v) is 6.01. The number of alkyl halides is 3. The third-order valence-electron chi connectivity index (χ3n) is 3.83. The van der Waals surface area contributed by atoms with Crippen molar-refractivity contribution in [2.24, 2.45) is 0 Å². The molecule has 0 saturated heterocycles. The van der Waals surface area contributed by atoms with Gasteiger partial charge in [-0.05, 0) is 42.3 Å². The molecule has 0 radical (unpaired) electrons. The zero-order valence-corrected chi connectivity index (χ0v) is 15.8. The Labute approximate surface area is 165 Å². The van der Waals surface area contributed by atoms with Gasteiger partial charge in [-0.3, -0.25) is 4.79 Å². The number of ether oxygens (including phenoxy) is 3. The summed E-state index contributed by atoms with van der Waals surface area (Å²) in [6.45, 7) is -1.42. The minimum Gasteiger partial charge on any atom is -0.493 e. The quantitative estimate of drug-likeness (QED) is 0.665. The molecule has 0 aliphatic carbocycles. The molecule has 6 nitrogen and oxygen atoms in total. The molecule has 0 aromatic heterocycles. The number of carbonyl (C=O) groups is 2. The van der Waals surface area contributed by atoms with E-state index in [0.29, 0.717) is 23.2 Å². The topological polar surface area (TPSA) is 73.9 Å². The third kappa shape index (κ3) is 7.02. The lowest BCUT2D eigenvalue weighted by Gasteiger charge is -2.13. The van der Waals surface area contributed by atoms with E-state index in [1.807, 2.05) is 0 Å². The lowest BCUT2D eigenvalue weighted by molar-refractivity contribution is -0.153. The van der Waals surface area contributed by atoms with Crippen LogP contribution in [0.5, 0.6) is 11.5 Å². The highest BCUT2D eigenvalue weighted by Crippen LogP contribution is 2.30. The van der Waals surface area contributed by atoms with Gasteiger partial charge in [-0.25, -0.2) is 4.79 Å². The van der Waals surface area contributed by atoms with Gasteiger partial charge in [0, 0.05) is 12.1 Å². The first-order chi connectivity index (χ1) is 13.7. The molecule has 29 heavy (non-hydrogen) atoms. The predicted molar refractivity (Wildman–Crippen MR) is 99.3 cm³/mol. The molecule has 0 aliphatic heterocycles. The maximum atomic E-state index is 12.3. The van der Waals surface area contributed by atoms with Crippen LogP contribution in [0.4, 0.5) is 18.9 Å². The first-order valence-electron chi connectivity index (χ1n) is 8.56. The number of hydrogen-bond acceptors (Lipinski definition) is 5. The van der Waals surface area contributed by atoms with Gasteiger partial charge in [-0.1, -0.05) is 12.1 Å². The van der Waals surface area contributed by atoms with Crippen molar-refractivity contribution in [1.82, 2.24) is 0 Å². The molecule has 2 aromatic carbocycles. The van der Waals surface area contributed by atoms with Gasteiger partial charge in [-0.15, -0.1) is 0 Å². The zero-order chi connectivity index (χ0) is 21.4. The maximum Gasteiger partial charge on any atom is 0.422 e. The van der Waals surface area contributed by atoms with Crippen LogP contribution >= 0.6 is 0 Å². The minimum atomic E-state index is -4.45. The van der Waals surface area contributed by atoms with Crippen LogP contribution in [0.1, 0.15) is 22.3 Å². The second-order valence-electron chi connectivity index (χ2n) is 6.01. The summed E-state index contributed by atoms with van der Waals surface area (Å²) >= 11 is 0. The van der Waals surface area contributed by atoms with E-state index in [4.69, 9.17) is 9.47 Å². The van der Waals surface area contributed by atoms with Crippen molar-refractivity contribution in [3.05, 3.63) is 53.6 Å². The highest BCUT2D eigenvalue weighted by Gasteiger charge is 2.29. The Bertz CT molecular complexity index is 867. The molecule has 156 valence electrons. The summed E-state index contributed by atoms with van der Waals surface area (Å²) in [7, 11) is 2.59. The fraction of sp³-hybridized carbons (Fsp3) is 0.300. The summed E-state index contributed by atoms with van der Waals surface area (Å²) in [5.41, 5.74) is 1.45. The predicted octanol–water partition coefficient (Wildman–Crippen LogP) is 3.99. The number of methoxy groups -OCH3 is 2. The van der Waals surface area contributed by atoms with E-state index < -0.39 is 18.8 Å². The monoisotopic (exact) mass is 411 g/mol. The highest BCUT2D eigenvalue weighted by atomic mass is 19.4. The number of amides is 1. The molecular formula is C20H20F3NO5. The van der Waals surface area contributed by atoms with Gasteiger partial charge in [0.25, 0.3) is 0 Å². The largest absolute Gasteiger partial charge is 0.493 e. The maximum absolute atomic E-state index is 12.3. The normalized spacial score (nSPS) is 10.9. The van der Waals surface area contributed by atoms with Crippen LogP contribution < -0.4 is 14.8 Å². The van der Waals surface area contributed by atoms with E-state index in [2.05, 4.69) is 10.1 Å². The molecule has 0 spiro atoms. The summed E-state index contributed by atoms with van der Waals surface area (Å²) < 4.78 is 51.3. The van der Waals surface area contributed by atoms with Crippen LogP contribution in [-0.4, -0.2) is 38.9 Å². The van der Waals surface area contributed by atoms with Crippen LogP contribution in [0, 0.1) is 0 Å².